The molecule has 3 N–H and O–H groups in total. The van der Waals surface area contributed by atoms with Crippen molar-refractivity contribution in [3.8, 4) is 28.8 Å². The fourth-order valence-corrected chi connectivity index (χ4v) is 5.00. The lowest BCUT2D eigenvalue weighted by Crippen LogP contribution is -2.47. The van der Waals surface area contributed by atoms with Crippen LogP contribution < -0.4 is 30.2 Å². The SMILES string of the molecule is CCOc1cc(OCc2ccc(OC)cc2)ncc1-c1ncc(NC(=O)Nc2ccc(CC(C)(C)NC(=O)OC(C)(C)C)c(C(F)(F)F)c2)c(C)n1. The Kier molecular flexibility index (Phi) is 12.2. The Morgan fingerprint density at radius 2 is 1.60 bits per heavy atom. The Hall–Kier alpha value is -5.60. The molecule has 0 fully saturated rings. The van der Waals surface area contributed by atoms with E-state index >= 15 is 0 Å². The number of carbonyl (C=O) groups is 2. The standard InChI is InChI=1S/C37H43F3N6O6/c1-9-50-30-17-31(51-21-23-10-14-26(49-8)15-11-23)41-19-27(30)32-42-20-29(22(2)43-32)45-33(47)44-25-13-12-24(28(16-25)37(38,39)40)18-36(6,7)46-34(48)52-35(3,4)5/h10-17,19-20H,9,18,21H2,1-8H3,(H,46,48)(H2,44,45,47). The highest BCUT2D eigenvalue weighted by Gasteiger charge is 2.36. The van der Waals surface area contributed by atoms with Gasteiger partial charge in [0, 0.05) is 23.5 Å². The third-order valence-corrected chi connectivity index (χ3v) is 7.30. The van der Waals surface area contributed by atoms with Crippen LogP contribution in [0.5, 0.6) is 17.4 Å². The minimum Gasteiger partial charge on any atom is -0.497 e. The minimum absolute atomic E-state index is 0.0721. The Morgan fingerprint density at radius 1 is 0.885 bits per heavy atom. The number of nitrogens with zero attached hydrogens (tertiary/aromatic N) is 3. The number of alkyl carbamates (subject to hydrolysis) is 1. The molecule has 52 heavy (non-hydrogen) atoms. The van der Waals surface area contributed by atoms with Crippen molar-refractivity contribution in [3.05, 3.63) is 83.3 Å². The van der Waals surface area contributed by atoms with Gasteiger partial charge in [-0.05, 0) is 90.3 Å². The number of alkyl halides is 3. The van der Waals surface area contributed by atoms with Gasteiger partial charge in [-0.3, -0.25) is 0 Å². The number of rotatable bonds is 12. The van der Waals surface area contributed by atoms with Crippen LogP contribution in [-0.2, 0) is 23.9 Å². The molecule has 0 saturated heterocycles. The van der Waals surface area contributed by atoms with Gasteiger partial charge in [-0.15, -0.1) is 0 Å². The lowest BCUT2D eigenvalue weighted by Gasteiger charge is -2.29. The van der Waals surface area contributed by atoms with E-state index < -0.39 is 35.0 Å². The maximum absolute atomic E-state index is 14.2. The maximum Gasteiger partial charge on any atom is 0.416 e. The molecular weight excluding hydrogens is 681 g/mol. The van der Waals surface area contributed by atoms with E-state index in [0.717, 1.165) is 17.4 Å². The Morgan fingerprint density at radius 3 is 2.21 bits per heavy atom. The number of benzene rings is 2. The van der Waals surface area contributed by atoms with Crippen LogP contribution >= 0.6 is 0 Å². The van der Waals surface area contributed by atoms with Crippen molar-refractivity contribution < 1.29 is 41.7 Å². The summed E-state index contributed by atoms with van der Waals surface area (Å²) in [5.74, 6) is 1.78. The van der Waals surface area contributed by atoms with Crippen molar-refractivity contribution in [2.75, 3.05) is 24.4 Å². The van der Waals surface area contributed by atoms with Crippen molar-refractivity contribution in [1.82, 2.24) is 20.3 Å². The fourth-order valence-electron chi connectivity index (χ4n) is 5.00. The second-order valence-corrected chi connectivity index (χ2v) is 13.4. The molecule has 0 aliphatic heterocycles. The van der Waals surface area contributed by atoms with E-state index in [1.807, 2.05) is 31.2 Å². The lowest BCUT2D eigenvalue weighted by atomic mass is 9.91. The number of aromatic nitrogens is 3. The number of nitrogens with one attached hydrogen (secondary N) is 3. The molecule has 0 radical (unpaired) electrons. The monoisotopic (exact) mass is 724 g/mol. The second kappa shape index (κ2) is 16.2. The van der Waals surface area contributed by atoms with E-state index in [1.165, 1.54) is 24.5 Å². The van der Waals surface area contributed by atoms with E-state index in [-0.39, 0.29) is 35.8 Å². The van der Waals surface area contributed by atoms with Crippen molar-refractivity contribution in [1.29, 1.82) is 0 Å². The van der Waals surface area contributed by atoms with E-state index in [1.54, 1.807) is 54.7 Å². The Labute approximate surface area is 300 Å². The number of ether oxygens (including phenoxy) is 4. The molecule has 2 aromatic carbocycles. The summed E-state index contributed by atoms with van der Waals surface area (Å²) in [6, 6.07) is 11.7. The quantitative estimate of drug-likeness (QED) is 0.131. The number of urea groups is 1. The van der Waals surface area contributed by atoms with Gasteiger partial charge in [0.15, 0.2) is 5.82 Å². The molecule has 0 atom stereocenters. The van der Waals surface area contributed by atoms with Crippen LogP contribution in [0.3, 0.4) is 0 Å². The highest BCUT2D eigenvalue weighted by atomic mass is 19.4. The molecular formula is C37H43F3N6O6. The number of amides is 3. The molecule has 278 valence electrons. The highest BCUT2D eigenvalue weighted by molar-refractivity contribution is 6.00. The highest BCUT2D eigenvalue weighted by Crippen LogP contribution is 2.36. The summed E-state index contributed by atoms with van der Waals surface area (Å²) in [5.41, 5.74) is -0.952. The molecule has 0 aliphatic rings. The third-order valence-electron chi connectivity index (χ3n) is 7.30. The summed E-state index contributed by atoms with van der Waals surface area (Å²) in [5, 5.41) is 7.64. The maximum atomic E-state index is 14.2. The minimum atomic E-state index is -4.73. The third kappa shape index (κ3) is 11.2. The zero-order valence-corrected chi connectivity index (χ0v) is 30.3. The van der Waals surface area contributed by atoms with Gasteiger partial charge in [-0.2, -0.15) is 13.2 Å². The van der Waals surface area contributed by atoms with Gasteiger partial charge in [0.2, 0.25) is 5.88 Å². The number of methoxy groups -OCH3 is 1. The van der Waals surface area contributed by atoms with Crippen LogP contribution in [0.1, 0.15) is 63.9 Å². The van der Waals surface area contributed by atoms with Gasteiger partial charge in [0.05, 0.1) is 42.4 Å². The van der Waals surface area contributed by atoms with Gasteiger partial charge in [0.25, 0.3) is 0 Å². The van der Waals surface area contributed by atoms with Gasteiger partial charge in [-0.1, -0.05) is 18.2 Å². The first-order chi connectivity index (χ1) is 24.4. The number of halogens is 3. The van der Waals surface area contributed by atoms with Crippen molar-refractivity contribution in [3.63, 3.8) is 0 Å². The molecule has 0 unspecified atom stereocenters. The predicted octanol–water partition coefficient (Wildman–Crippen LogP) is 8.34. The van der Waals surface area contributed by atoms with Crippen LogP contribution in [0.25, 0.3) is 11.4 Å². The molecule has 0 saturated carbocycles. The van der Waals surface area contributed by atoms with Gasteiger partial charge in [-0.25, -0.2) is 24.5 Å². The van der Waals surface area contributed by atoms with Gasteiger partial charge < -0.3 is 34.9 Å². The van der Waals surface area contributed by atoms with Crippen LogP contribution in [0.4, 0.5) is 34.1 Å². The average Bonchev–Trinajstić information content (AvgIpc) is 3.04. The molecule has 0 aliphatic carbocycles. The zero-order chi connectivity index (χ0) is 38.3. The summed E-state index contributed by atoms with van der Waals surface area (Å²) < 4.78 is 64.6. The summed E-state index contributed by atoms with van der Waals surface area (Å²) in [4.78, 5) is 38.4. The molecule has 12 nitrogen and oxygen atoms in total. The number of carbonyl (C=O) groups excluding carboxylic acids is 2. The van der Waals surface area contributed by atoms with Gasteiger partial charge >= 0.3 is 18.3 Å². The molecule has 15 heteroatoms. The van der Waals surface area contributed by atoms with Crippen LogP contribution in [0.15, 0.2) is 60.9 Å². The van der Waals surface area contributed by atoms with E-state index in [4.69, 9.17) is 18.9 Å². The molecule has 3 amide bonds. The number of hydrogen-bond donors (Lipinski definition) is 3. The topological polar surface area (TPSA) is 146 Å². The van der Waals surface area contributed by atoms with E-state index in [9.17, 15) is 22.8 Å². The van der Waals surface area contributed by atoms with Crippen molar-refractivity contribution in [2.45, 2.75) is 78.8 Å². The normalized spacial score (nSPS) is 11.8. The molecule has 0 bridgehead atoms. The Bertz CT molecular complexity index is 1880. The van der Waals surface area contributed by atoms with Crippen molar-refractivity contribution >= 4 is 23.5 Å². The summed E-state index contributed by atoms with van der Waals surface area (Å²) >= 11 is 0. The lowest BCUT2D eigenvalue weighted by molar-refractivity contribution is -0.138. The first kappa shape index (κ1) is 39.2. The van der Waals surface area contributed by atoms with Crippen molar-refractivity contribution in [2.24, 2.45) is 0 Å². The first-order valence-corrected chi connectivity index (χ1v) is 16.4. The Balaban J connectivity index is 1.45. The largest absolute Gasteiger partial charge is 0.497 e. The molecule has 4 rings (SSSR count). The molecule has 2 heterocycles. The number of pyridine rings is 1. The number of hydrogen-bond acceptors (Lipinski definition) is 9. The number of anilines is 2. The number of aryl methyl sites for hydroxylation is 1. The van der Waals surface area contributed by atoms with Crippen LogP contribution in [0, 0.1) is 6.92 Å². The summed E-state index contributed by atoms with van der Waals surface area (Å²) in [6.07, 6.45) is -2.73. The summed E-state index contributed by atoms with van der Waals surface area (Å²) in [6.45, 7) is 12.3. The molecule has 0 spiro atoms. The van der Waals surface area contributed by atoms with E-state index in [2.05, 4.69) is 30.9 Å². The summed E-state index contributed by atoms with van der Waals surface area (Å²) in [7, 11) is 1.60. The average molecular weight is 725 g/mol. The fraction of sp³-hybridized carbons (Fsp3) is 0.378. The first-order valence-electron chi connectivity index (χ1n) is 16.4. The van der Waals surface area contributed by atoms with Crippen LogP contribution in [-0.4, -0.2) is 51.9 Å². The van der Waals surface area contributed by atoms with E-state index in [0.29, 0.717) is 29.5 Å². The smallest absolute Gasteiger partial charge is 0.416 e. The predicted molar refractivity (Wildman–Crippen MR) is 190 cm³/mol. The zero-order valence-electron chi connectivity index (χ0n) is 30.3. The molecule has 2 aromatic heterocycles. The van der Waals surface area contributed by atoms with Crippen LogP contribution in [0.2, 0.25) is 0 Å². The van der Waals surface area contributed by atoms with Gasteiger partial charge in [0.1, 0.15) is 23.7 Å². The molecule has 4 aromatic rings. The second-order valence-electron chi connectivity index (χ2n) is 13.4.